The van der Waals surface area contributed by atoms with Crippen molar-refractivity contribution in [2.75, 3.05) is 18.9 Å². The van der Waals surface area contributed by atoms with E-state index in [2.05, 4.69) is 4.72 Å². The van der Waals surface area contributed by atoms with Gasteiger partial charge in [-0.25, -0.2) is 13.2 Å². The van der Waals surface area contributed by atoms with Crippen LogP contribution in [0, 0.1) is 0 Å². The standard InChI is InChI=1S/C23H20ClNO7S/c1-30-20-12-15(8-11-22(26)27)13-21(23(20)31-2)33(28,29)25-18-14-16(24)9-10-19(18)32-17-6-4-3-5-7-17/h3-14,25H,1-2H3,(H,26,27)/b11-8+. The molecule has 0 heterocycles. The molecule has 0 radical (unpaired) electrons. The first-order chi connectivity index (χ1) is 15.7. The van der Waals surface area contributed by atoms with Crippen LogP contribution in [0.4, 0.5) is 5.69 Å². The first-order valence-corrected chi connectivity index (χ1v) is 11.3. The Morgan fingerprint density at radius 3 is 2.36 bits per heavy atom. The SMILES string of the molecule is COc1cc(/C=C/C(=O)O)cc(S(=O)(=O)Nc2cc(Cl)ccc2Oc2ccccc2)c1OC. The number of aliphatic carboxylic acids is 1. The highest BCUT2D eigenvalue weighted by Crippen LogP contribution is 2.39. The molecule has 0 atom stereocenters. The number of para-hydroxylation sites is 1. The molecule has 0 aliphatic heterocycles. The molecule has 10 heteroatoms. The van der Waals surface area contributed by atoms with Crippen molar-refractivity contribution in [1.82, 2.24) is 0 Å². The summed E-state index contributed by atoms with van der Waals surface area (Å²) in [5, 5.41) is 9.19. The molecule has 0 amide bonds. The zero-order chi connectivity index (χ0) is 24.0. The van der Waals surface area contributed by atoms with E-state index in [-0.39, 0.29) is 38.4 Å². The fraction of sp³-hybridized carbons (Fsp3) is 0.0870. The molecule has 8 nitrogen and oxygen atoms in total. The third-order valence-electron chi connectivity index (χ3n) is 4.33. The van der Waals surface area contributed by atoms with Gasteiger partial charge in [0.15, 0.2) is 17.2 Å². The van der Waals surface area contributed by atoms with Crippen LogP contribution in [-0.4, -0.2) is 33.7 Å². The lowest BCUT2D eigenvalue weighted by Gasteiger charge is -2.17. The summed E-state index contributed by atoms with van der Waals surface area (Å²) in [4.78, 5) is 10.6. The number of halogens is 1. The van der Waals surface area contributed by atoms with Gasteiger partial charge < -0.3 is 19.3 Å². The maximum Gasteiger partial charge on any atom is 0.328 e. The molecule has 33 heavy (non-hydrogen) atoms. The summed E-state index contributed by atoms with van der Waals surface area (Å²) in [6.07, 6.45) is 2.13. The van der Waals surface area contributed by atoms with Crippen LogP contribution in [0.15, 0.2) is 71.6 Å². The minimum atomic E-state index is -4.26. The molecule has 0 fully saturated rings. The van der Waals surface area contributed by atoms with E-state index in [9.17, 15) is 13.2 Å². The van der Waals surface area contributed by atoms with Gasteiger partial charge >= 0.3 is 5.97 Å². The molecule has 0 saturated carbocycles. The molecule has 0 saturated heterocycles. The van der Waals surface area contributed by atoms with Crippen molar-refractivity contribution in [3.05, 3.63) is 77.3 Å². The third-order valence-corrected chi connectivity index (χ3v) is 5.94. The summed E-state index contributed by atoms with van der Waals surface area (Å²) in [5.41, 5.74) is 0.376. The Kier molecular flexibility index (Phi) is 7.47. The second-order valence-corrected chi connectivity index (χ2v) is 8.67. The predicted molar refractivity (Wildman–Crippen MR) is 125 cm³/mol. The molecule has 0 spiro atoms. The molecular weight excluding hydrogens is 470 g/mol. The van der Waals surface area contributed by atoms with Gasteiger partial charge in [-0.1, -0.05) is 29.8 Å². The van der Waals surface area contributed by atoms with Crippen molar-refractivity contribution in [2.45, 2.75) is 4.90 Å². The lowest BCUT2D eigenvalue weighted by molar-refractivity contribution is -0.131. The number of sulfonamides is 1. The maximum atomic E-state index is 13.4. The van der Waals surface area contributed by atoms with E-state index in [0.717, 1.165) is 6.08 Å². The van der Waals surface area contributed by atoms with Crippen molar-refractivity contribution in [2.24, 2.45) is 0 Å². The van der Waals surface area contributed by atoms with Crippen molar-refractivity contribution in [3.8, 4) is 23.0 Å². The van der Waals surface area contributed by atoms with Crippen LogP contribution < -0.4 is 18.9 Å². The molecule has 0 aromatic heterocycles. The normalized spacial score (nSPS) is 11.2. The smallest absolute Gasteiger partial charge is 0.328 e. The number of hydrogen-bond acceptors (Lipinski definition) is 6. The van der Waals surface area contributed by atoms with Gasteiger partial charge in [0.2, 0.25) is 0 Å². The first-order valence-electron chi connectivity index (χ1n) is 9.46. The largest absolute Gasteiger partial charge is 0.493 e. The van der Waals surface area contributed by atoms with Gasteiger partial charge in [-0.05, 0) is 54.1 Å². The van der Waals surface area contributed by atoms with Crippen LogP contribution >= 0.6 is 11.6 Å². The predicted octanol–water partition coefficient (Wildman–Crippen LogP) is 5.05. The highest BCUT2D eigenvalue weighted by atomic mass is 35.5. The van der Waals surface area contributed by atoms with E-state index in [0.29, 0.717) is 5.75 Å². The van der Waals surface area contributed by atoms with Crippen LogP contribution in [0.25, 0.3) is 6.08 Å². The summed E-state index contributed by atoms with van der Waals surface area (Å²) in [7, 11) is -1.62. The highest BCUT2D eigenvalue weighted by molar-refractivity contribution is 7.92. The number of rotatable bonds is 9. The van der Waals surface area contributed by atoms with Gasteiger partial charge in [-0.2, -0.15) is 0 Å². The van der Waals surface area contributed by atoms with Crippen LogP contribution in [0.5, 0.6) is 23.0 Å². The number of carboxylic acid groups (broad SMARTS) is 1. The van der Waals surface area contributed by atoms with Gasteiger partial charge in [0.25, 0.3) is 10.0 Å². The Hall–Kier alpha value is -3.69. The lowest BCUT2D eigenvalue weighted by atomic mass is 10.2. The molecule has 0 aliphatic carbocycles. The van der Waals surface area contributed by atoms with Crippen molar-refractivity contribution >= 4 is 39.4 Å². The number of nitrogens with one attached hydrogen (secondary N) is 1. The van der Waals surface area contributed by atoms with Crippen LogP contribution in [0.3, 0.4) is 0 Å². The molecule has 2 N–H and O–H groups in total. The fourth-order valence-corrected chi connectivity index (χ4v) is 4.35. The third kappa shape index (κ3) is 5.97. The van der Waals surface area contributed by atoms with E-state index in [1.807, 2.05) is 6.07 Å². The number of carbonyl (C=O) groups is 1. The van der Waals surface area contributed by atoms with E-state index in [1.54, 1.807) is 30.3 Å². The molecule has 0 unspecified atom stereocenters. The molecule has 3 aromatic carbocycles. The molecule has 3 rings (SSSR count). The number of ether oxygens (including phenoxy) is 3. The van der Waals surface area contributed by atoms with E-state index in [4.69, 9.17) is 30.9 Å². The molecule has 0 aliphatic rings. The van der Waals surface area contributed by atoms with Gasteiger partial charge in [0.05, 0.1) is 19.9 Å². The van der Waals surface area contributed by atoms with Crippen molar-refractivity contribution in [1.29, 1.82) is 0 Å². The van der Waals surface area contributed by atoms with Gasteiger partial charge in [-0.3, -0.25) is 4.72 Å². The van der Waals surface area contributed by atoms with E-state index >= 15 is 0 Å². The maximum absolute atomic E-state index is 13.4. The average molecular weight is 490 g/mol. The Bertz CT molecular complexity index is 1290. The molecule has 0 bridgehead atoms. The summed E-state index contributed by atoms with van der Waals surface area (Å²) >= 11 is 6.10. The van der Waals surface area contributed by atoms with Crippen LogP contribution in [-0.2, 0) is 14.8 Å². The second kappa shape index (κ2) is 10.3. The number of anilines is 1. The first kappa shape index (κ1) is 24.0. The fourth-order valence-electron chi connectivity index (χ4n) is 2.90. The zero-order valence-electron chi connectivity index (χ0n) is 17.6. The Labute approximate surface area is 196 Å². The average Bonchev–Trinajstić information content (AvgIpc) is 2.79. The number of carboxylic acids is 1. The highest BCUT2D eigenvalue weighted by Gasteiger charge is 2.25. The quantitative estimate of drug-likeness (QED) is 0.404. The van der Waals surface area contributed by atoms with E-state index in [1.165, 1.54) is 44.6 Å². The van der Waals surface area contributed by atoms with Gasteiger partial charge in [0.1, 0.15) is 10.6 Å². The van der Waals surface area contributed by atoms with Crippen LogP contribution in [0.2, 0.25) is 5.02 Å². The molecule has 3 aromatic rings. The van der Waals surface area contributed by atoms with Gasteiger partial charge in [0, 0.05) is 11.1 Å². The van der Waals surface area contributed by atoms with Crippen molar-refractivity contribution < 1.29 is 32.5 Å². The van der Waals surface area contributed by atoms with E-state index < -0.39 is 16.0 Å². The summed E-state index contributed by atoms with van der Waals surface area (Å²) in [6, 6.07) is 16.1. The van der Waals surface area contributed by atoms with Gasteiger partial charge in [-0.15, -0.1) is 0 Å². The summed E-state index contributed by atoms with van der Waals surface area (Å²) in [6.45, 7) is 0. The second-order valence-electron chi connectivity index (χ2n) is 6.59. The zero-order valence-corrected chi connectivity index (χ0v) is 19.2. The Morgan fingerprint density at radius 2 is 1.73 bits per heavy atom. The minimum Gasteiger partial charge on any atom is -0.493 e. The Balaban J connectivity index is 2.07. The number of methoxy groups -OCH3 is 2. The monoisotopic (exact) mass is 489 g/mol. The molecular formula is C23H20ClNO7S. The van der Waals surface area contributed by atoms with Crippen molar-refractivity contribution in [3.63, 3.8) is 0 Å². The summed E-state index contributed by atoms with van der Waals surface area (Å²) in [5.74, 6) is -0.404. The summed E-state index contributed by atoms with van der Waals surface area (Å²) < 4.78 is 45.6. The number of hydrogen-bond donors (Lipinski definition) is 2. The lowest BCUT2D eigenvalue weighted by Crippen LogP contribution is -2.15. The van der Waals surface area contributed by atoms with Crippen LogP contribution in [0.1, 0.15) is 5.56 Å². The topological polar surface area (TPSA) is 111 Å². The number of benzene rings is 3. The minimum absolute atomic E-state index is 0.0509. The Morgan fingerprint density at radius 1 is 1.00 bits per heavy atom. The molecule has 172 valence electrons.